The second-order valence-corrected chi connectivity index (χ2v) is 9.80. The van der Waals surface area contributed by atoms with E-state index in [1.54, 1.807) is 0 Å². The standard InChI is InChI=1S/C22H26ClF2N3O4S/c1-4-11-26-22(30)15(2)27(13-16-5-7-17(24)8-6-16)21(29)14-28(33(3,31)32)18-9-10-20(25)19(23)12-18/h5-10,12,15H,4,11,13-14H2,1-3H3,(H,26,30). The van der Waals surface area contributed by atoms with Gasteiger partial charge in [-0.1, -0.05) is 30.7 Å². The monoisotopic (exact) mass is 501 g/mol. The molecule has 1 N–H and O–H groups in total. The lowest BCUT2D eigenvalue weighted by Crippen LogP contribution is -2.51. The van der Waals surface area contributed by atoms with Crippen LogP contribution in [0.1, 0.15) is 25.8 Å². The molecule has 1 atom stereocenters. The number of benzene rings is 2. The molecule has 0 aliphatic heterocycles. The Morgan fingerprint density at radius 1 is 1.12 bits per heavy atom. The molecule has 0 aliphatic rings. The van der Waals surface area contributed by atoms with Crippen molar-refractivity contribution in [2.24, 2.45) is 0 Å². The predicted octanol–water partition coefficient (Wildman–Crippen LogP) is 3.33. The van der Waals surface area contributed by atoms with E-state index in [1.807, 2.05) is 6.92 Å². The number of nitrogens with zero attached hydrogens (tertiary/aromatic N) is 2. The zero-order valence-electron chi connectivity index (χ0n) is 18.5. The average Bonchev–Trinajstić information content (AvgIpc) is 2.76. The molecule has 0 radical (unpaired) electrons. The maximum atomic E-state index is 13.6. The van der Waals surface area contributed by atoms with Gasteiger partial charge in [0.1, 0.15) is 24.2 Å². The minimum absolute atomic E-state index is 0.00192. The lowest BCUT2D eigenvalue weighted by atomic mass is 10.1. The molecule has 0 bridgehead atoms. The second-order valence-electron chi connectivity index (χ2n) is 7.48. The third kappa shape index (κ3) is 7.40. The molecule has 0 saturated heterocycles. The Morgan fingerprint density at radius 3 is 2.30 bits per heavy atom. The van der Waals surface area contributed by atoms with Gasteiger partial charge in [0.05, 0.1) is 17.0 Å². The fourth-order valence-electron chi connectivity index (χ4n) is 3.02. The number of rotatable bonds is 10. The van der Waals surface area contributed by atoms with Crippen molar-refractivity contribution < 1.29 is 26.8 Å². The molecule has 0 heterocycles. The minimum Gasteiger partial charge on any atom is -0.354 e. The van der Waals surface area contributed by atoms with E-state index in [0.29, 0.717) is 18.5 Å². The summed E-state index contributed by atoms with van der Waals surface area (Å²) in [5.74, 6) is -2.28. The van der Waals surface area contributed by atoms with Crippen molar-refractivity contribution in [2.75, 3.05) is 23.7 Å². The quantitative estimate of drug-likeness (QED) is 0.541. The lowest BCUT2D eigenvalue weighted by molar-refractivity contribution is -0.139. The van der Waals surface area contributed by atoms with E-state index in [2.05, 4.69) is 5.32 Å². The summed E-state index contributed by atoms with van der Waals surface area (Å²) in [6.07, 6.45) is 1.59. The van der Waals surface area contributed by atoms with Gasteiger partial charge in [0.25, 0.3) is 0 Å². The molecule has 2 aromatic rings. The summed E-state index contributed by atoms with van der Waals surface area (Å²) in [4.78, 5) is 27.1. The van der Waals surface area contributed by atoms with Crippen molar-refractivity contribution in [1.82, 2.24) is 10.2 Å². The zero-order chi connectivity index (χ0) is 24.8. The summed E-state index contributed by atoms with van der Waals surface area (Å²) in [6.45, 7) is 3.11. The fraction of sp³-hybridized carbons (Fsp3) is 0.364. The molecule has 2 aromatic carbocycles. The number of carbonyl (C=O) groups excluding carboxylic acids is 2. The molecular formula is C22H26ClF2N3O4S. The Morgan fingerprint density at radius 2 is 1.76 bits per heavy atom. The first-order valence-corrected chi connectivity index (χ1v) is 12.4. The highest BCUT2D eigenvalue weighted by Gasteiger charge is 2.30. The highest BCUT2D eigenvalue weighted by molar-refractivity contribution is 7.92. The first-order chi connectivity index (χ1) is 15.4. The van der Waals surface area contributed by atoms with Crippen molar-refractivity contribution in [3.63, 3.8) is 0 Å². The van der Waals surface area contributed by atoms with E-state index < -0.39 is 46.1 Å². The summed E-state index contributed by atoms with van der Waals surface area (Å²) in [5, 5.41) is 2.41. The number of anilines is 1. The topological polar surface area (TPSA) is 86.8 Å². The zero-order valence-corrected chi connectivity index (χ0v) is 20.1. The normalized spacial score (nSPS) is 12.2. The van der Waals surface area contributed by atoms with Crippen molar-refractivity contribution in [1.29, 1.82) is 0 Å². The summed E-state index contributed by atoms with van der Waals surface area (Å²) >= 11 is 5.79. The first-order valence-electron chi connectivity index (χ1n) is 10.2. The number of halogens is 3. The molecule has 2 amide bonds. The minimum atomic E-state index is -3.96. The van der Waals surface area contributed by atoms with Crippen LogP contribution in [0, 0.1) is 11.6 Å². The van der Waals surface area contributed by atoms with Crippen LogP contribution in [0.3, 0.4) is 0 Å². The number of hydrogen-bond donors (Lipinski definition) is 1. The molecular weight excluding hydrogens is 476 g/mol. The maximum absolute atomic E-state index is 13.6. The van der Waals surface area contributed by atoms with Crippen LogP contribution in [0.25, 0.3) is 0 Å². The highest BCUT2D eigenvalue weighted by atomic mass is 35.5. The number of nitrogens with one attached hydrogen (secondary N) is 1. The molecule has 1 unspecified atom stereocenters. The Balaban J connectivity index is 2.38. The molecule has 0 saturated carbocycles. The first kappa shape index (κ1) is 26.5. The van der Waals surface area contributed by atoms with Crippen molar-refractivity contribution >= 4 is 39.1 Å². The van der Waals surface area contributed by atoms with Gasteiger partial charge in [0, 0.05) is 13.1 Å². The third-order valence-corrected chi connectivity index (χ3v) is 6.28. The van der Waals surface area contributed by atoms with Crippen molar-refractivity contribution in [3.05, 3.63) is 64.7 Å². The molecule has 11 heteroatoms. The van der Waals surface area contributed by atoms with E-state index in [4.69, 9.17) is 11.6 Å². The lowest BCUT2D eigenvalue weighted by Gasteiger charge is -2.31. The van der Waals surface area contributed by atoms with Gasteiger partial charge in [0.15, 0.2) is 0 Å². The highest BCUT2D eigenvalue weighted by Crippen LogP contribution is 2.25. The smallest absolute Gasteiger partial charge is 0.244 e. The number of hydrogen-bond acceptors (Lipinski definition) is 4. The second kappa shape index (κ2) is 11.4. The fourth-order valence-corrected chi connectivity index (χ4v) is 4.04. The molecule has 7 nitrogen and oxygen atoms in total. The van der Waals surface area contributed by atoms with Gasteiger partial charge < -0.3 is 10.2 Å². The molecule has 0 aromatic heterocycles. The van der Waals surface area contributed by atoms with Crippen molar-refractivity contribution in [3.8, 4) is 0 Å². The summed E-state index contributed by atoms with van der Waals surface area (Å²) in [7, 11) is -3.96. The van der Waals surface area contributed by atoms with E-state index in [1.165, 1.54) is 42.2 Å². The Bertz CT molecular complexity index is 1100. The number of carbonyl (C=O) groups is 2. The maximum Gasteiger partial charge on any atom is 0.244 e. The predicted molar refractivity (Wildman–Crippen MR) is 123 cm³/mol. The van der Waals surface area contributed by atoms with Crippen LogP contribution in [-0.2, 0) is 26.2 Å². The van der Waals surface area contributed by atoms with Crippen LogP contribution in [0.4, 0.5) is 14.5 Å². The molecule has 0 aliphatic carbocycles. The summed E-state index contributed by atoms with van der Waals surface area (Å²) < 4.78 is 52.5. The molecule has 0 spiro atoms. The average molecular weight is 502 g/mol. The van der Waals surface area contributed by atoms with Crippen LogP contribution in [0.5, 0.6) is 0 Å². The summed E-state index contributed by atoms with van der Waals surface area (Å²) in [5.41, 5.74) is 0.553. The van der Waals surface area contributed by atoms with Gasteiger partial charge >= 0.3 is 0 Å². The van der Waals surface area contributed by atoms with Gasteiger partial charge in [0.2, 0.25) is 21.8 Å². The van der Waals surface area contributed by atoms with Crippen LogP contribution in [0.15, 0.2) is 42.5 Å². The van der Waals surface area contributed by atoms with Gasteiger partial charge in [-0.2, -0.15) is 0 Å². The van der Waals surface area contributed by atoms with E-state index in [-0.39, 0.29) is 17.3 Å². The van der Waals surface area contributed by atoms with Crippen molar-refractivity contribution in [2.45, 2.75) is 32.9 Å². The largest absolute Gasteiger partial charge is 0.354 e. The number of sulfonamides is 1. The Hall–Kier alpha value is -2.72. The number of amides is 2. The SMILES string of the molecule is CCCNC(=O)C(C)N(Cc1ccc(F)cc1)C(=O)CN(c1ccc(F)c(Cl)c1)S(C)(=O)=O. The molecule has 33 heavy (non-hydrogen) atoms. The van der Waals surface area contributed by atoms with E-state index in [0.717, 1.165) is 22.7 Å². The summed E-state index contributed by atoms with van der Waals surface area (Å²) in [6, 6.07) is 7.75. The van der Waals surface area contributed by atoms with Crippen LogP contribution < -0.4 is 9.62 Å². The Kier molecular flexibility index (Phi) is 9.18. The van der Waals surface area contributed by atoms with Crippen LogP contribution in [-0.4, -0.2) is 50.5 Å². The van der Waals surface area contributed by atoms with Gasteiger partial charge in [-0.25, -0.2) is 17.2 Å². The Labute approximate surface area is 197 Å². The van der Waals surface area contributed by atoms with Gasteiger partial charge in [-0.15, -0.1) is 0 Å². The van der Waals surface area contributed by atoms with Gasteiger partial charge in [-0.05, 0) is 49.2 Å². The van der Waals surface area contributed by atoms with Gasteiger partial charge in [-0.3, -0.25) is 13.9 Å². The third-order valence-electron chi connectivity index (χ3n) is 4.85. The van der Waals surface area contributed by atoms with E-state index >= 15 is 0 Å². The molecule has 2 rings (SSSR count). The van der Waals surface area contributed by atoms with E-state index in [9.17, 15) is 26.8 Å². The van der Waals surface area contributed by atoms with Crippen LogP contribution in [0.2, 0.25) is 5.02 Å². The molecule has 0 fully saturated rings. The molecule has 180 valence electrons. The van der Waals surface area contributed by atoms with Crippen LogP contribution >= 0.6 is 11.6 Å².